The van der Waals surface area contributed by atoms with Crippen LogP contribution in [0.1, 0.15) is 18.4 Å². The molecule has 3 heteroatoms. The predicted octanol–water partition coefficient (Wildman–Crippen LogP) is 2.34. The maximum atomic E-state index is 13.3. The molecule has 0 saturated carbocycles. The maximum Gasteiger partial charge on any atom is 0.127 e. The minimum Gasteiger partial charge on any atom is -0.381 e. The zero-order chi connectivity index (χ0) is 11.2. The third-order valence-electron chi connectivity index (χ3n) is 2.96. The molecule has 1 aliphatic rings. The summed E-state index contributed by atoms with van der Waals surface area (Å²) in [5.74, 6) is 0.454. The van der Waals surface area contributed by atoms with Crippen LogP contribution in [0.3, 0.4) is 0 Å². The Balaban J connectivity index is 1.73. The highest BCUT2D eigenvalue weighted by atomic mass is 19.1. The van der Waals surface area contributed by atoms with E-state index in [1.807, 2.05) is 12.1 Å². The Kier molecular flexibility index (Phi) is 4.31. The lowest BCUT2D eigenvalue weighted by Crippen LogP contribution is -2.29. The molecule has 1 heterocycles. The fourth-order valence-corrected chi connectivity index (χ4v) is 2.02. The van der Waals surface area contributed by atoms with Gasteiger partial charge in [0.2, 0.25) is 0 Å². The zero-order valence-electron chi connectivity index (χ0n) is 9.42. The SMILES string of the molecule is Fc1ccccc1CNCC1CCCOC1. The van der Waals surface area contributed by atoms with Gasteiger partial charge in [-0.15, -0.1) is 0 Å². The first-order chi connectivity index (χ1) is 7.86. The summed E-state index contributed by atoms with van der Waals surface area (Å²) < 4.78 is 18.7. The van der Waals surface area contributed by atoms with Gasteiger partial charge in [0.25, 0.3) is 0 Å². The number of rotatable bonds is 4. The van der Waals surface area contributed by atoms with Gasteiger partial charge in [-0.2, -0.15) is 0 Å². The quantitative estimate of drug-likeness (QED) is 0.846. The highest BCUT2D eigenvalue weighted by molar-refractivity contribution is 5.16. The van der Waals surface area contributed by atoms with Crippen LogP contribution in [0.15, 0.2) is 24.3 Å². The first kappa shape index (κ1) is 11.6. The molecule has 0 aliphatic carbocycles. The summed E-state index contributed by atoms with van der Waals surface area (Å²) in [6.45, 7) is 3.24. The Hall–Kier alpha value is -0.930. The molecule has 1 unspecified atom stereocenters. The molecular formula is C13H18FNO. The average Bonchev–Trinajstić information content (AvgIpc) is 2.33. The fourth-order valence-electron chi connectivity index (χ4n) is 2.02. The smallest absolute Gasteiger partial charge is 0.127 e. The average molecular weight is 223 g/mol. The lowest BCUT2D eigenvalue weighted by atomic mass is 10.0. The van der Waals surface area contributed by atoms with Crippen LogP contribution < -0.4 is 5.32 Å². The van der Waals surface area contributed by atoms with Gasteiger partial charge in [-0.25, -0.2) is 4.39 Å². The standard InChI is InChI=1S/C13H18FNO/c14-13-6-2-1-5-12(13)9-15-8-11-4-3-7-16-10-11/h1-2,5-6,11,15H,3-4,7-10H2. The highest BCUT2D eigenvalue weighted by Gasteiger charge is 2.13. The van der Waals surface area contributed by atoms with Gasteiger partial charge in [-0.1, -0.05) is 18.2 Å². The van der Waals surface area contributed by atoms with E-state index in [-0.39, 0.29) is 5.82 Å². The van der Waals surface area contributed by atoms with E-state index in [2.05, 4.69) is 5.32 Å². The van der Waals surface area contributed by atoms with E-state index in [1.54, 1.807) is 6.07 Å². The highest BCUT2D eigenvalue weighted by Crippen LogP contribution is 2.12. The van der Waals surface area contributed by atoms with Gasteiger partial charge in [0.15, 0.2) is 0 Å². The van der Waals surface area contributed by atoms with Gasteiger partial charge in [-0.3, -0.25) is 0 Å². The number of nitrogens with one attached hydrogen (secondary N) is 1. The molecule has 1 fully saturated rings. The number of hydrogen-bond acceptors (Lipinski definition) is 2. The lowest BCUT2D eigenvalue weighted by Gasteiger charge is -2.22. The molecular weight excluding hydrogens is 205 g/mol. The summed E-state index contributed by atoms with van der Waals surface area (Å²) in [7, 11) is 0. The summed E-state index contributed by atoms with van der Waals surface area (Å²) in [6, 6.07) is 6.90. The Morgan fingerprint density at radius 3 is 3.00 bits per heavy atom. The van der Waals surface area contributed by atoms with Crippen LogP contribution in [0, 0.1) is 11.7 Å². The summed E-state index contributed by atoms with van der Waals surface area (Å²) in [6.07, 6.45) is 2.36. The van der Waals surface area contributed by atoms with Gasteiger partial charge >= 0.3 is 0 Å². The first-order valence-electron chi connectivity index (χ1n) is 5.88. The molecule has 1 aliphatic heterocycles. The second kappa shape index (κ2) is 5.97. The van der Waals surface area contributed by atoms with Crippen molar-refractivity contribution in [1.82, 2.24) is 5.32 Å². The predicted molar refractivity (Wildman–Crippen MR) is 61.6 cm³/mol. The van der Waals surface area contributed by atoms with Crippen molar-refractivity contribution in [2.75, 3.05) is 19.8 Å². The van der Waals surface area contributed by atoms with Crippen molar-refractivity contribution in [2.45, 2.75) is 19.4 Å². The molecule has 0 amide bonds. The summed E-state index contributed by atoms with van der Waals surface area (Å²) in [5, 5.41) is 3.29. The van der Waals surface area contributed by atoms with Crippen LogP contribution in [-0.4, -0.2) is 19.8 Å². The van der Waals surface area contributed by atoms with Crippen molar-refractivity contribution >= 4 is 0 Å². The second-order valence-electron chi connectivity index (χ2n) is 4.31. The van der Waals surface area contributed by atoms with Crippen LogP contribution in [0.2, 0.25) is 0 Å². The number of benzene rings is 1. The van der Waals surface area contributed by atoms with Gasteiger partial charge in [-0.05, 0) is 24.8 Å². The largest absolute Gasteiger partial charge is 0.381 e. The van der Waals surface area contributed by atoms with Gasteiger partial charge in [0.1, 0.15) is 5.82 Å². The minimum atomic E-state index is -0.130. The number of hydrogen-bond donors (Lipinski definition) is 1. The first-order valence-corrected chi connectivity index (χ1v) is 5.88. The van der Waals surface area contributed by atoms with Crippen molar-refractivity contribution in [3.63, 3.8) is 0 Å². The third kappa shape index (κ3) is 3.29. The monoisotopic (exact) mass is 223 g/mol. The minimum absolute atomic E-state index is 0.130. The van der Waals surface area contributed by atoms with Crippen LogP contribution in [0.4, 0.5) is 4.39 Å². The third-order valence-corrected chi connectivity index (χ3v) is 2.96. The molecule has 1 aromatic carbocycles. The Bertz CT molecular complexity index is 323. The molecule has 88 valence electrons. The summed E-state index contributed by atoms with van der Waals surface area (Å²) in [4.78, 5) is 0. The maximum absolute atomic E-state index is 13.3. The molecule has 0 spiro atoms. The molecule has 2 nitrogen and oxygen atoms in total. The van der Waals surface area contributed by atoms with Crippen molar-refractivity contribution < 1.29 is 9.13 Å². The molecule has 1 saturated heterocycles. The van der Waals surface area contributed by atoms with Crippen LogP contribution in [0.5, 0.6) is 0 Å². The molecule has 2 rings (SSSR count). The zero-order valence-corrected chi connectivity index (χ0v) is 9.42. The van der Waals surface area contributed by atoms with Gasteiger partial charge in [0.05, 0.1) is 6.61 Å². The van der Waals surface area contributed by atoms with Crippen molar-refractivity contribution in [3.8, 4) is 0 Å². The van der Waals surface area contributed by atoms with E-state index < -0.39 is 0 Å². The molecule has 0 aromatic heterocycles. The molecule has 1 atom stereocenters. The van der Waals surface area contributed by atoms with Crippen LogP contribution in [-0.2, 0) is 11.3 Å². The fraction of sp³-hybridized carbons (Fsp3) is 0.538. The van der Waals surface area contributed by atoms with E-state index in [9.17, 15) is 4.39 Å². The topological polar surface area (TPSA) is 21.3 Å². The van der Waals surface area contributed by atoms with E-state index in [0.717, 1.165) is 31.7 Å². The Morgan fingerprint density at radius 1 is 1.38 bits per heavy atom. The van der Waals surface area contributed by atoms with E-state index in [0.29, 0.717) is 12.5 Å². The van der Waals surface area contributed by atoms with E-state index in [1.165, 1.54) is 12.5 Å². The summed E-state index contributed by atoms with van der Waals surface area (Å²) in [5.41, 5.74) is 0.735. The number of ether oxygens (including phenoxy) is 1. The number of halogens is 1. The second-order valence-corrected chi connectivity index (χ2v) is 4.31. The van der Waals surface area contributed by atoms with Gasteiger partial charge in [0, 0.05) is 25.3 Å². The van der Waals surface area contributed by atoms with Crippen LogP contribution >= 0.6 is 0 Å². The molecule has 16 heavy (non-hydrogen) atoms. The lowest BCUT2D eigenvalue weighted by molar-refractivity contribution is 0.0547. The van der Waals surface area contributed by atoms with Crippen molar-refractivity contribution in [3.05, 3.63) is 35.6 Å². The normalized spacial score (nSPS) is 20.9. The molecule has 0 bridgehead atoms. The van der Waals surface area contributed by atoms with Crippen molar-refractivity contribution in [1.29, 1.82) is 0 Å². The Labute approximate surface area is 95.8 Å². The Morgan fingerprint density at radius 2 is 2.25 bits per heavy atom. The van der Waals surface area contributed by atoms with E-state index >= 15 is 0 Å². The van der Waals surface area contributed by atoms with Crippen molar-refractivity contribution in [2.24, 2.45) is 5.92 Å². The molecule has 0 radical (unpaired) electrons. The van der Waals surface area contributed by atoms with Crippen LogP contribution in [0.25, 0.3) is 0 Å². The molecule has 1 aromatic rings. The van der Waals surface area contributed by atoms with Gasteiger partial charge < -0.3 is 10.1 Å². The molecule has 1 N–H and O–H groups in total. The van der Waals surface area contributed by atoms with E-state index in [4.69, 9.17) is 4.74 Å². The summed E-state index contributed by atoms with van der Waals surface area (Å²) >= 11 is 0.